The van der Waals surface area contributed by atoms with E-state index in [1.165, 1.54) is 0 Å². The van der Waals surface area contributed by atoms with Crippen LogP contribution in [-0.4, -0.2) is 35.5 Å². The minimum atomic E-state index is -6.04. The van der Waals surface area contributed by atoms with Crippen molar-refractivity contribution in [1.82, 2.24) is 0 Å². The van der Waals surface area contributed by atoms with E-state index in [4.69, 9.17) is 9.47 Å². The minimum Gasteiger partial charge on any atom is -0.457 e. The summed E-state index contributed by atoms with van der Waals surface area (Å²) in [6.07, 6.45) is -9.61. The highest BCUT2D eigenvalue weighted by molar-refractivity contribution is 6.28. The van der Waals surface area contributed by atoms with Crippen LogP contribution >= 0.6 is 0 Å². The van der Waals surface area contributed by atoms with E-state index in [0.29, 0.717) is 40.1 Å². The van der Waals surface area contributed by atoms with Gasteiger partial charge in [-0.2, -0.15) is 52.7 Å². The summed E-state index contributed by atoms with van der Waals surface area (Å²) in [5.41, 5.74) is -5.58. The van der Waals surface area contributed by atoms with Crippen molar-refractivity contribution in [3.8, 4) is 23.0 Å². The van der Waals surface area contributed by atoms with E-state index in [1.807, 2.05) is 0 Å². The Hall–Kier alpha value is -6.60. The Kier molecular flexibility index (Phi) is 10.7. The first-order valence-corrected chi connectivity index (χ1v) is 16.6. The van der Waals surface area contributed by atoms with Gasteiger partial charge in [0, 0.05) is 36.3 Å². The second kappa shape index (κ2) is 15.0. The lowest BCUT2D eigenvalue weighted by Crippen LogP contribution is -2.52. The highest BCUT2D eigenvalue weighted by Gasteiger charge is 2.71. The first-order chi connectivity index (χ1) is 27.4. The van der Waals surface area contributed by atoms with Crippen LogP contribution < -0.4 is 19.3 Å². The fourth-order valence-electron chi connectivity index (χ4n) is 5.82. The molecule has 0 N–H and O–H groups in total. The maximum Gasteiger partial charge on any atom is 0.420 e. The van der Waals surface area contributed by atoms with E-state index in [0.717, 1.165) is 66.8 Å². The number of rotatable bonds is 12. The maximum absolute atomic E-state index is 15.1. The van der Waals surface area contributed by atoms with Gasteiger partial charge in [-0.3, -0.25) is 19.2 Å². The number of anilines is 2. The topological polar surface area (TPSA) is 93.2 Å². The molecule has 0 saturated carbocycles. The minimum absolute atomic E-state index is 0.135. The number of alkyl halides is 12. The second-order valence-corrected chi connectivity index (χ2v) is 12.8. The van der Waals surface area contributed by atoms with Crippen LogP contribution in [0.1, 0.15) is 28.7 Å². The fourth-order valence-corrected chi connectivity index (χ4v) is 5.82. The van der Waals surface area contributed by atoms with Crippen molar-refractivity contribution in [2.24, 2.45) is 0 Å². The molecular weight excluding hydrogens is 820 g/mol. The van der Waals surface area contributed by atoms with Crippen LogP contribution in [0.4, 0.5) is 64.1 Å². The van der Waals surface area contributed by atoms with Crippen molar-refractivity contribution in [2.75, 3.05) is 9.80 Å². The first-order valence-electron chi connectivity index (χ1n) is 16.6. The molecule has 2 aliphatic rings. The van der Waals surface area contributed by atoms with Crippen molar-refractivity contribution in [3.63, 3.8) is 0 Å². The van der Waals surface area contributed by atoms with Gasteiger partial charge >= 0.3 is 30.1 Å². The van der Waals surface area contributed by atoms with E-state index in [9.17, 15) is 63.1 Å². The highest BCUT2D eigenvalue weighted by atomic mass is 19.4. The Morgan fingerprint density at radius 3 is 1.22 bits per heavy atom. The Morgan fingerprint density at radius 2 is 0.847 bits per heavy atom. The number of ether oxygens (including phenoxy) is 2. The molecule has 20 heteroatoms. The maximum atomic E-state index is 15.1. The van der Waals surface area contributed by atoms with Crippen LogP contribution in [0.2, 0.25) is 0 Å². The van der Waals surface area contributed by atoms with Crippen molar-refractivity contribution >= 4 is 35.0 Å². The van der Waals surface area contributed by atoms with Gasteiger partial charge in [-0.05, 0) is 84.8 Å². The van der Waals surface area contributed by atoms with Crippen LogP contribution in [-0.2, 0) is 43.9 Å². The number of carbonyl (C=O) groups is 4. The summed E-state index contributed by atoms with van der Waals surface area (Å²) in [5, 5.41) is 0. The van der Waals surface area contributed by atoms with Crippen LogP contribution in [0.15, 0.2) is 109 Å². The number of halogens is 12. The van der Waals surface area contributed by atoms with Gasteiger partial charge in [0.2, 0.25) is 0 Å². The Bertz CT molecular complexity index is 2350. The van der Waals surface area contributed by atoms with E-state index in [2.05, 4.69) is 0 Å². The van der Waals surface area contributed by atoms with Gasteiger partial charge in [0.05, 0.1) is 11.4 Å². The molecule has 8 nitrogen and oxygen atoms in total. The number of aryl methyl sites for hydroxylation is 1. The summed E-state index contributed by atoms with van der Waals surface area (Å²) in [6.45, 7) is 0. The summed E-state index contributed by atoms with van der Waals surface area (Å²) in [6, 6.07) is 9.90. The SMILES string of the molecule is O=C1C=CC(=O)N1c1ccc(Oc2ccc(CCC(F)(F)C(F)(F)C(F)(F)c3ccc(Oc4ccc(N5C(=O)C=CC5=O)cc4C(F)(F)F)cc3)cc2)c(C(F)(F)F)c1. The number of amides is 4. The van der Waals surface area contributed by atoms with Crippen molar-refractivity contribution in [2.45, 2.75) is 43.0 Å². The number of benzene rings is 4. The number of carbonyl (C=O) groups excluding carboxylic acids is 4. The number of imide groups is 2. The van der Waals surface area contributed by atoms with E-state index < -0.39 is 112 Å². The molecule has 4 aromatic carbocycles. The van der Waals surface area contributed by atoms with Gasteiger partial charge in [-0.15, -0.1) is 0 Å². The van der Waals surface area contributed by atoms with Gasteiger partial charge in [0.15, 0.2) is 0 Å². The highest BCUT2D eigenvalue weighted by Crippen LogP contribution is 2.53. The average molecular weight is 843 g/mol. The Labute approximate surface area is 323 Å². The van der Waals surface area contributed by atoms with Crippen molar-refractivity contribution in [3.05, 3.63) is 131 Å². The average Bonchev–Trinajstić information content (AvgIpc) is 3.68. The molecule has 0 atom stereocenters. The lowest BCUT2D eigenvalue weighted by molar-refractivity contribution is -0.316. The predicted molar refractivity (Wildman–Crippen MR) is 181 cm³/mol. The van der Waals surface area contributed by atoms with Gasteiger partial charge < -0.3 is 9.47 Å². The molecule has 4 aromatic rings. The zero-order chi connectivity index (χ0) is 43.3. The van der Waals surface area contributed by atoms with Crippen LogP contribution in [0, 0.1) is 0 Å². The smallest absolute Gasteiger partial charge is 0.420 e. The van der Waals surface area contributed by atoms with E-state index in [1.54, 1.807) is 0 Å². The monoisotopic (exact) mass is 842 g/mol. The molecule has 308 valence electrons. The van der Waals surface area contributed by atoms with Crippen LogP contribution in [0.25, 0.3) is 0 Å². The molecule has 0 fully saturated rings. The summed E-state index contributed by atoms with van der Waals surface area (Å²) in [4.78, 5) is 48.6. The lowest BCUT2D eigenvalue weighted by Gasteiger charge is -2.33. The Morgan fingerprint density at radius 1 is 0.475 bits per heavy atom. The van der Waals surface area contributed by atoms with Gasteiger partial charge in [-0.25, -0.2) is 9.80 Å². The third kappa shape index (κ3) is 8.24. The molecule has 6 rings (SSSR count). The lowest BCUT2D eigenvalue weighted by atomic mass is 9.93. The third-order valence-electron chi connectivity index (χ3n) is 8.85. The summed E-state index contributed by atoms with van der Waals surface area (Å²) >= 11 is 0. The number of hydrogen-bond acceptors (Lipinski definition) is 6. The molecule has 0 saturated heterocycles. The zero-order valence-electron chi connectivity index (χ0n) is 29.2. The van der Waals surface area contributed by atoms with Gasteiger partial charge in [-0.1, -0.05) is 12.1 Å². The van der Waals surface area contributed by atoms with Gasteiger partial charge in [0.1, 0.15) is 34.1 Å². The van der Waals surface area contributed by atoms with Crippen LogP contribution in [0.3, 0.4) is 0 Å². The normalized spacial score (nSPS) is 15.2. The number of nitrogens with zero attached hydrogens (tertiary/aromatic N) is 2. The number of hydrogen-bond donors (Lipinski definition) is 0. The third-order valence-corrected chi connectivity index (χ3v) is 8.85. The molecule has 0 aliphatic carbocycles. The van der Waals surface area contributed by atoms with E-state index >= 15 is 8.78 Å². The molecular formula is C39H22F12N2O6. The molecule has 59 heavy (non-hydrogen) atoms. The molecule has 0 aromatic heterocycles. The molecule has 0 bridgehead atoms. The van der Waals surface area contributed by atoms with Gasteiger partial charge in [0.25, 0.3) is 23.6 Å². The molecule has 2 aliphatic heterocycles. The predicted octanol–water partition coefficient (Wildman–Crippen LogP) is 10.2. The van der Waals surface area contributed by atoms with Crippen molar-refractivity contribution in [1.29, 1.82) is 0 Å². The zero-order valence-corrected chi connectivity index (χ0v) is 29.2. The molecule has 4 amide bonds. The largest absolute Gasteiger partial charge is 0.457 e. The quantitative estimate of drug-likeness (QED) is 0.104. The summed E-state index contributed by atoms with van der Waals surface area (Å²) in [7, 11) is 0. The molecule has 0 radical (unpaired) electrons. The van der Waals surface area contributed by atoms with Crippen LogP contribution in [0.5, 0.6) is 23.0 Å². The summed E-state index contributed by atoms with van der Waals surface area (Å²) < 4.78 is 184. The summed E-state index contributed by atoms with van der Waals surface area (Å²) in [5.74, 6) is -23.2. The van der Waals surface area contributed by atoms with E-state index in [-0.39, 0.29) is 23.4 Å². The Balaban J connectivity index is 1.12. The molecule has 0 unspecified atom stereocenters. The first kappa shape index (κ1) is 42.0. The standard InChI is InChI=1S/C39H22F12N2O6/c40-35(41,18-17-21-1-7-25(8-2-21)58-29-11-5-23(19-27(29)37(44,45)46)52-31(54)13-14-32(52)55)39(50,51)36(42,43)22-3-9-26(10-4-22)59-30-12-6-24(20-28(30)38(47,48)49)53-33(56)15-16-34(53)57/h1-16,19-20H,17-18H2. The second-order valence-electron chi connectivity index (χ2n) is 12.8. The molecule has 0 spiro atoms. The van der Waals surface area contributed by atoms with Crippen molar-refractivity contribution < 1.29 is 81.3 Å². The fraction of sp³-hybridized carbons (Fsp3) is 0.179. The molecule has 2 heterocycles.